The van der Waals surface area contributed by atoms with E-state index in [9.17, 15) is 4.39 Å². The summed E-state index contributed by atoms with van der Waals surface area (Å²) in [5, 5.41) is 0. The Balaban J connectivity index is 2.08. The van der Waals surface area contributed by atoms with Gasteiger partial charge < -0.3 is 10.5 Å². The van der Waals surface area contributed by atoms with Gasteiger partial charge in [0.2, 0.25) is 0 Å². The summed E-state index contributed by atoms with van der Waals surface area (Å²) in [5.41, 5.74) is 7.45. The van der Waals surface area contributed by atoms with Gasteiger partial charge in [0.15, 0.2) is 0 Å². The lowest BCUT2D eigenvalue weighted by atomic mass is 10.1. The van der Waals surface area contributed by atoms with Crippen LogP contribution in [-0.2, 0) is 13.0 Å². The Hall–Kier alpha value is -1.39. The van der Waals surface area contributed by atoms with Gasteiger partial charge in [-0.15, -0.1) is 0 Å². The topological polar surface area (TPSA) is 35.2 Å². The molecule has 0 spiro atoms. The number of nitrogens with two attached hydrogens (primary N) is 1. The Bertz CT molecular complexity index is 586. The summed E-state index contributed by atoms with van der Waals surface area (Å²) in [4.78, 5) is 0. The van der Waals surface area contributed by atoms with Gasteiger partial charge in [-0.1, -0.05) is 34.1 Å². The van der Waals surface area contributed by atoms with Gasteiger partial charge in [0, 0.05) is 16.1 Å². The Morgan fingerprint density at radius 1 is 1.20 bits per heavy atom. The molecule has 1 unspecified atom stereocenters. The van der Waals surface area contributed by atoms with Crippen molar-refractivity contribution in [2.45, 2.75) is 26.0 Å². The van der Waals surface area contributed by atoms with Crippen LogP contribution < -0.4 is 10.5 Å². The fraction of sp³-hybridized carbons (Fsp3) is 0.250. The fourth-order valence-electron chi connectivity index (χ4n) is 1.92. The van der Waals surface area contributed by atoms with Gasteiger partial charge in [-0.05, 0) is 43.2 Å². The van der Waals surface area contributed by atoms with E-state index in [0.717, 1.165) is 16.5 Å². The van der Waals surface area contributed by atoms with Crippen LogP contribution in [0.5, 0.6) is 5.75 Å². The highest BCUT2D eigenvalue weighted by Gasteiger charge is 2.06. The first kappa shape index (κ1) is 15.0. The standard InChI is InChI=1S/C16H17BrFNO/c1-11(19)8-13-9-14(6-7-15(13)17)20-10-12-4-2-3-5-16(12)18/h2-7,9,11H,8,10,19H2,1H3. The van der Waals surface area contributed by atoms with Crippen molar-refractivity contribution in [2.75, 3.05) is 0 Å². The second-order valence-corrected chi connectivity index (χ2v) is 5.67. The minimum absolute atomic E-state index is 0.0770. The van der Waals surface area contributed by atoms with Gasteiger partial charge in [0.05, 0.1) is 0 Å². The highest BCUT2D eigenvalue weighted by atomic mass is 79.9. The number of hydrogen-bond acceptors (Lipinski definition) is 2. The predicted molar refractivity (Wildman–Crippen MR) is 82.2 cm³/mol. The van der Waals surface area contributed by atoms with Gasteiger partial charge in [-0.3, -0.25) is 0 Å². The third kappa shape index (κ3) is 4.05. The largest absolute Gasteiger partial charge is 0.489 e. The Morgan fingerprint density at radius 2 is 1.95 bits per heavy atom. The van der Waals surface area contributed by atoms with E-state index in [2.05, 4.69) is 15.9 Å². The molecule has 2 aromatic rings. The van der Waals surface area contributed by atoms with Crippen molar-refractivity contribution in [3.8, 4) is 5.75 Å². The van der Waals surface area contributed by atoms with Crippen LogP contribution >= 0.6 is 15.9 Å². The third-order valence-corrected chi connectivity index (χ3v) is 3.68. The van der Waals surface area contributed by atoms with Crippen molar-refractivity contribution in [1.82, 2.24) is 0 Å². The molecule has 0 heterocycles. The summed E-state index contributed by atoms with van der Waals surface area (Å²) in [6.45, 7) is 2.17. The van der Waals surface area contributed by atoms with E-state index in [1.807, 2.05) is 25.1 Å². The molecule has 4 heteroatoms. The number of ether oxygens (including phenoxy) is 1. The maximum Gasteiger partial charge on any atom is 0.129 e. The van der Waals surface area contributed by atoms with E-state index in [1.165, 1.54) is 6.07 Å². The van der Waals surface area contributed by atoms with Gasteiger partial charge in [-0.2, -0.15) is 0 Å². The molecule has 1 atom stereocenters. The Kier molecular flexibility index (Phi) is 5.15. The summed E-state index contributed by atoms with van der Waals surface area (Å²) in [7, 11) is 0. The highest BCUT2D eigenvalue weighted by molar-refractivity contribution is 9.10. The van der Waals surface area contributed by atoms with Crippen LogP contribution in [0.25, 0.3) is 0 Å². The number of rotatable bonds is 5. The Labute approximate surface area is 126 Å². The first-order valence-electron chi connectivity index (χ1n) is 6.46. The molecule has 0 saturated carbocycles. The summed E-state index contributed by atoms with van der Waals surface area (Å²) >= 11 is 3.50. The predicted octanol–water partition coefficient (Wildman–Crippen LogP) is 4.06. The summed E-state index contributed by atoms with van der Waals surface area (Å²) in [6.07, 6.45) is 0.761. The molecule has 0 aliphatic rings. The molecule has 0 radical (unpaired) electrons. The van der Waals surface area contributed by atoms with Crippen LogP contribution in [0.2, 0.25) is 0 Å². The lowest BCUT2D eigenvalue weighted by Gasteiger charge is -2.11. The van der Waals surface area contributed by atoms with Crippen molar-refractivity contribution in [3.63, 3.8) is 0 Å². The molecular formula is C16H17BrFNO. The second kappa shape index (κ2) is 6.86. The lowest BCUT2D eigenvalue weighted by Crippen LogP contribution is -2.18. The molecule has 20 heavy (non-hydrogen) atoms. The SMILES string of the molecule is CC(N)Cc1cc(OCc2ccccc2F)ccc1Br. The van der Waals surface area contributed by atoms with E-state index >= 15 is 0 Å². The molecule has 2 N–H and O–H groups in total. The van der Waals surface area contributed by atoms with Gasteiger partial charge >= 0.3 is 0 Å². The monoisotopic (exact) mass is 337 g/mol. The minimum atomic E-state index is -0.250. The quantitative estimate of drug-likeness (QED) is 0.892. The first-order chi connectivity index (χ1) is 9.56. The molecule has 0 amide bonds. The second-order valence-electron chi connectivity index (χ2n) is 4.81. The average molecular weight is 338 g/mol. The van der Waals surface area contributed by atoms with Crippen molar-refractivity contribution < 1.29 is 9.13 Å². The fourth-order valence-corrected chi connectivity index (χ4v) is 2.33. The van der Waals surface area contributed by atoms with Crippen LogP contribution in [-0.4, -0.2) is 6.04 Å². The molecule has 0 aliphatic carbocycles. The summed E-state index contributed by atoms with van der Waals surface area (Å²) < 4.78 is 20.2. The van der Waals surface area contributed by atoms with Crippen molar-refractivity contribution in [3.05, 3.63) is 63.9 Å². The van der Waals surface area contributed by atoms with Gasteiger partial charge in [-0.25, -0.2) is 4.39 Å². The van der Waals surface area contributed by atoms with Crippen molar-refractivity contribution in [2.24, 2.45) is 5.73 Å². The van der Waals surface area contributed by atoms with Crippen LogP contribution in [0.3, 0.4) is 0 Å². The minimum Gasteiger partial charge on any atom is -0.489 e. The van der Waals surface area contributed by atoms with Crippen LogP contribution in [0.15, 0.2) is 46.9 Å². The van der Waals surface area contributed by atoms with E-state index in [1.54, 1.807) is 18.2 Å². The van der Waals surface area contributed by atoms with Crippen molar-refractivity contribution >= 4 is 15.9 Å². The van der Waals surface area contributed by atoms with E-state index in [-0.39, 0.29) is 18.5 Å². The molecule has 2 rings (SSSR count). The molecule has 0 saturated heterocycles. The Morgan fingerprint density at radius 3 is 2.65 bits per heavy atom. The molecule has 0 aliphatic heterocycles. The molecule has 2 aromatic carbocycles. The summed E-state index contributed by atoms with van der Waals surface area (Å²) in [5.74, 6) is 0.465. The van der Waals surface area contributed by atoms with Crippen LogP contribution in [0.1, 0.15) is 18.1 Å². The van der Waals surface area contributed by atoms with E-state index < -0.39 is 0 Å². The highest BCUT2D eigenvalue weighted by Crippen LogP contribution is 2.24. The normalized spacial score (nSPS) is 12.2. The zero-order chi connectivity index (χ0) is 14.5. The smallest absolute Gasteiger partial charge is 0.129 e. The van der Waals surface area contributed by atoms with Crippen LogP contribution in [0.4, 0.5) is 4.39 Å². The van der Waals surface area contributed by atoms with E-state index in [0.29, 0.717) is 11.3 Å². The molecule has 0 bridgehead atoms. The molecule has 0 fully saturated rings. The number of benzene rings is 2. The number of hydrogen-bond donors (Lipinski definition) is 1. The maximum atomic E-state index is 13.5. The molecule has 106 valence electrons. The molecule has 0 aromatic heterocycles. The zero-order valence-corrected chi connectivity index (χ0v) is 12.9. The molecule has 2 nitrogen and oxygen atoms in total. The average Bonchev–Trinajstić information content (AvgIpc) is 2.40. The molecular weight excluding hydrogens is 321 g/mol. The number of halogens is 2. The van der Waals surface area contributed by atoms with Crippen molar-refractivity contribution in [1.29, 1.82) is 0 Å². The first-order valence-corrected chi connectivity index (χ1v) is 7.26. The maximum absolute atomic E-state index is 13.5. The van der Waals surface area contributed by atoms with Gasteiger partial charge in [0.25, 0.3) is 0 Å². The van der Waals surface area contributed by atoms with Gasteiger partial charge in [0.1, 0.15) is 18.2 Å². The third-order valence-electron chi connectivity index (χ3n) is 2.91. The van der Waals surface area contributed by atoms with Crippen LogP contribution in [0, 0.1) is 5.82 Å². The van der Waals surface area contributed by atoms with E-state index in [4.69, 9.17) is 10.5 Å². The lowest BCUT2D eigenvalue weighted by molar-refractivity contribution is 0.299. The summed E-state index contributed by atoms with van der Waals surface area (Å²) in [6, 6.07) is 12.4. The zero-order valence-electron chi connectivity index (χ0n) is 11.3.